The summed E-state index contributed by atoms with van der Waals surface area (Å²) in [6, 6.07) is 5.00. The second-order valence-corrected chi connectivity index (χ2v) is 4.71. The molecule has 0 amide bonds. The van der Waals surface area contributed by atoms with E-state index in [-0.39, 0.29) is 0 Å². The first-order valence-corrected chi connectivity index (χ1v) is 6.12. The highest BCUT2D eigenvalue weighted by atomic mass is 35.5. The second kappa shape index (κ2) is 5.45. The standard InChI is InChI=1S/C12H12Cl2O4/c1-6-17-10(11(18-6)12(15)16-2)8-4-3-7(13)5-9(8)14/h3-6,10-11H,1-2H3/t6-,10-,11-/m1/s1. The molecule has 0 saturated carbocycles. The van der Waals surface area contributed by atoms with Gasteiger partial charge in [0.25, 0.3) is 0 Å². The molecule has 1 aromatic carbocycles. The van der Waals surface area contributed by atoms with Gasteiger partial charge in [-0.05, 0) is 19.1 Å². The van der Waals surface area contributed by atoms with Gasteiger partial charge in [0.2, 0.25) is 0 Å². The molecule has 0 aromatic heterocycles. The summed E-state index contributed by atoms with van der Waals surface area (Å²) >= 11 is 11.9. The first-order valence-electron chi connectivity index (χ1n) is 5.36. The van der Waals surface area contributed by atoms with E-state index in [0.717, 1.165) is 0 Å². The highest BCUT2D eigenvalue weighted by Gasteiger charge is 2.41. The van der Waals surface area contributed by atoms with Gasteiger partial charge in [0.1, 0.15) is 6.10 Å². The summed E-state index contributed by atoms with van der Waals surface area (Å²) in [4.78, 5) is 11.6. The summed E-state index contributed by atoms with van der Waals surface area (Å²) < 4.78 is 15.6. The van der Waals surface area contributed by atoms with Gasteiger partial charge in [-0.3, -0.25) is 0 Å². The number of carbonyl (C=O) groups is 1. The Bertz CT molecular complexity index is 463. The third-order valence-corrected chi connectivity index (χ3v) is 3.22. The maximum Gasteiger partial charge on any atom is 0.338 e. The van der Waals surface area contributed by atoms with E-state index < -0.39 is 24.5 Å². The zero-order valence-corrected chi connectivity index (χ0v) is 11.4. The zero-order chi connectivity index (χ0) is 13.3. The lowest BCUT2D eigenvalue weighted by Gasteiger charge is -2.16. The van der Waals surface area contributed by atoms with Crippen molar-refractivity contribution in [1.29, 1.82) is 0 Å². The third kappa shape index (κ3) is 2.62. The Labute approximate surface area is 115 Å². The summed E-state index contributed by atoms with van der Waals surface area (Å²) in [7, 11) is 1.30. The van der Waals surface area contributed by atoms with Crippen LogP contribution in [0.15, 0.2) is 18.2 Å². The molecule has 1 aromatic rings. The number of methoxy groups -OCH3 is 1. The van der Waals surface area contributed by atoms with E-state index in [0.29, 0.717) is 15.6 Å². The Morgan fingerprint density at radius 2 is 2.06 bits per heavy atom. The van der Waals surface area contributed by atoms with Crippen molar-refractivity contribution in [2.45, 2.75) is 25.4 Å². The number of benzene rings is 1. The van der Waals surface area contributed by atoms with Crippen molar-refractivity contribution < 1.29 is 19.0 Å². The van der Waals surface area contributed by atoms with Crippen LogP contribution in [-0.2, 0) is 19.0 Å². The summed E-state index contributed by atoms with van der Waals surface area (Å²) in [5.41, 5.74) is 0.654. The van der Waals surface area contributed by atoms with Gasteiger partial charge in [0.05, 0.1) is 7.11 Å². The van der Waals surface area contributed by atoms with E-state index in [9.17, 15) is 4.79 Å². The van der Waals surface area contributed by atoms with Crippen LogP contribution in [0.3, 0.4) is 0 Å². The number of hydrogen-bond acceptors (Lipinski definition) is 4. The molecule has 3 atom stereocenters. The smallest absolute Gasteiger partial charge is 0.338 e. The van der Waals surface area contributed by atoms with Crippen LogP contribution in [0.4, 0.5) is 0 Å². The van der Waals surface area contributed by atoms with E-state index in [2.05, 4.69) is 4.74 Å². The largest absolute Gasteiger partial charge is 0.467 e. The van der Waals surface area contributed by atoms with Crippen molar-refractivity contribution in [3.63, 3.8) is 0 Å². The van der Waals surface area contributed by atoms with Crippen molar-refractivity contribution in [1.82, 2.24) is 0 Å². The van der Waals surface area contributed by atoms with Gasteiger partial charge in [-0.15, -0.1) is 0 Å². The van der Waals surface area contributed by atoms with Gasteiger partial charge in [0, 0.05) is 15.6 Å². The molecule has 1 saturated heterocycles. The van der Waals surface area contributed by atoms with E-state index in [4.69, 9.17) is 32.7 Å². The predicted molar refractivity (Wildman–Crippen MR) is 66.6 cm³/mol. The lowest BCUT2D eigenvalue weighted by molar-refractivity contribution is -0.153. The molecule has 0 spiro atoms. The molecule has 0 bridgehead atoms. The monoisotopic (exact) mass is 290 g/mol. The fourth-order valence-corrected chi connectivity index (χ4v) is 2.37. The van der Waals surface area contributed by atoms with Crippen molar-refractivity contribution in [3.8, 4) is 0 Å². The SMILES string of the molecule is COC(=O)[C@@H]1O[C@H](C)O[C@@H]1c1ccc(Cl)cc1Cl. The average Bonchev–Trinajstić information content (AvgIpc) is 2.70. The Morgan fingerprint density at radius 1 is 1.33 bits per heavy atom. The van der Waals surface area contributed by atoms with Crippen LogP contribution in [0.1, 0.15) is 18.6 Å². The number of rotatable bonds is 2. The maximum atomic E-state index is 11.6. The van der Waals surface area contributed by atoms with E-state index in [1.54, 1.807) is 25.1 Å². The number of hydrogen-bond donors (Lipinski definition) is 0. The fraction of sp³-hybridized carbons (Fsp3) is 0.417. The highest BCUT2D eigenvalue weighted by Crippen LogP contribution is 2.37. The van der Waals surface area contributed by atoms with Crippen LogP contribution in [0.2, 0.25) is 10.0 Å². The molecule has 0 unspecified atom stereocenters. The normalized spacial score (nSPS) is 27.2. The molecule has 6 heteroatoms. The minimum absolute atomic E-state index is 0.430. The molecule has 1 aliphatic heterocycles. The fourth-order valence-electron chi connectivity index (χ4n) is 1.85. The van der Waals surface area contributed by atoms with Gasteiger partial charge in [-0.25, -0.2) is 4.79 Å². The van der Waals surface area contributed by atoms with Crippen LogP contribution in [0.25, 0.3) is 0 Å². The lowest BCUT2D eigenvalue weighted by Crippen LogP contribution is -2.27. The van der Waals surface area contributed by atoms with Crippen molar-refractivity contribution >= 4 is 29.2 Å². The Hall–Kier alpha value is -0.810. The molecule has 1 fully saturated rings. The summed E-state index contributed by atoms with van der Waals surface area (Å²) in [5, 5.41) is 0.949. The highest BCUT2D eigenvalue weighted by molar-refractivity contribution is 6.35. The zero-order valence-electron chi connectivity index (χ0n) is 9.85. The Morgan fingerprint density at radius 3 is 2.67 bits per heavy atom. The van der Waals surface area contributed by atoms with Crippen LogP contribution in [0.5, 0.6) is 0 Å². The number of carbonyl (C=O) groups excluding carboxylic acids is 1. The molecule has 2 rings (SSSR count). The molecule has 1 aliphatic rings. The van der Waals surface area contributed by atoms with Crippen LogP contribution < -0.4 is 0 Å². The first-order chi connectivity index (χ1) is 8.52. The molecule has 4 nitrogen and oxygen atoms in total. The quantitative estimate of drug-likeness (QED) is 0.786. The Kier molecular flexibility index (Phi) is 4.12. The lowest BCUT2D eigenvalue weighted by atomic mass is 10.0. The number of esters is 1. The minimum Gasteiger partial charge on any atom is -0.467 e. The maximum absolute atomic E-state index is 11.6. The molecular formula is C12H12Cl2O4. The van der Waals surface area contributed by atoms with Gasteiger partial charge < -0.3 is 14.2 Å². The summed E-state index contributed by atoms with van der Waals surface area (Å²) in [6.45, 7) is 1.71. The second-order valence-electron chi connectivity index (χ2n) is 3.87. The molecule has 0 N–H and O–H groups in total. The van der Waals surface area contributed by atoms with Crippen molar-refractivity contribution in [3.05, 3.63) is 33.8 Å². The van der Waals surface area contributed by atoms with Gasteiger partial charge in [-0.2, -0.15) is 0 Å². The first kappa shape index (κ1) is 13.6. The van der Waals surface area contributed by atoms with Crippen molar-refractivity contribution in [2.75, 3.05) is 7.11 Å². The van der Waals surface area contributed by atoms with Gasteiger partial charge in [-0.1, -0.05) is 29.3 Å². The molecule has 0 aliphatic carbocycles. The van der Waals surface area contributed by atoms with Gasteiger partial charge >= 0.3 is 5.97 Å². The van der Waals surface area contributed by atoms with Crippen LogP contribution >= 0.6 is 23.2 Å². The van der Waals surface area contributed by atoms with Crippen LogP contribution in [0, 0.1) is 0 Å². The van der Waals surface area contributed by atoms with Crippen LogP contribution in [-0.4, -0.2) is 25.5 Å². The molecule has 18 heavy (non-hydrogen) atoms. The van der Waals surface area contributed by atoms with E-state index in [1.807, 2.05) is 0 Å². The topological polar surface area (TPSA) is 44.8 Å². The average molecular weight is 291 g/mol. The molecule has 0 radical (unpaired) electrons. The predicted octanol–water partition coefficient (Wildman–Crippen LogP) is 2.97. The summed E-state index contributed by atoms with van der Waals surface area (Å²) in [6.07, 6.45) is -1.90. The molecule has 98 valence electrons. The molecular weight excluding hydrogens is 279 g/mol. The third-order valence-electron chi connectivity index (χ3n) is 2.65. The van der Waals surface area contributed by atoms with E-state index >= 15 is 0 Å². The molecule has 1 heterocycles. The Balaban J connectivity index is 2.32. The van der Waals surface area contributed by atoms with Crippen molar-refractivity contribution in [2.24, 2.45) is 0 Å². The van der Waals surface area contributed by atoms with Gasteiger partial charge in [0.15, 0.2) is 12.4 Å². The number of ether oxygens (including phenoxy) is 3. The number of halogens is 2. The van der Waals surface area contributed by atoms with E-state index in [1.165, 1.54) is 7.11 Å². The minimum atomic E-state index is -0.816. The summed E-state index contributed by atoms with van der Waals surface area (Å²) in [5.74, 6) is -0.490.